The van der Waals surface area contributed by atoms with Crippen LogP contribution in [0.1, 0.15) is 43.6 Å². The van der Waals surface area contributed by atoms with E-state index in [9.17, 15) is 22.0 Å². The van der Waals surface area contributed by atoms with Crippen LogP contribution in [0.5, 0.6) is 0 Å². The summed E-state index contributed by atoms with van der Waals surface area (Å²) < 4.78 is 56.9. The molecule has 6 rings (SSSR count). The second-order valence-electron chi connectivity index (χ2n) is 10.7. The fourth-order valence-electron chi connectivity index (χ4n) is 5.36. The van der Waals surface area contributed by atoms with Crippen LogP contribution < -0.4 is 16.4 Å². The number of hydrogen-bond acceptors (Lipinski definition) is 7. The first-order valence-electron chi connectivity index (χ1n) is 13.6. The highest BCUT2D eigenvalue weighted by Gasteiger charge is 2.37. The first-order chi connectivity index (χ1) is 19.9. The van der Waals surface area contributed by atoms with E-state index in [2.05, 4.69) is 20.8 Å². The number of anilines is 4. The number of rotatable bonds is 5. The number of hydrogen-bond donors (Lipinski definition) is 3. The van der Waals surface area contributed by atoms with Gasteiger partial charge in [0.1, 0.15) is 5.82 Å². The molecule has 2 aliphatic rings. The molecular formula is C29H33F2N7O3S. The summed E-state index contributed by atoms with van der Waals surface area (Å²) in [6, 6.07) is 14.9. The Hall–Kier alpha value is -4.26. The van der Waals surface area contributed by atoms with E-state index in [1.807, 2.05) is 7.05 Å². The number of nitrogens with zero attached hydrogens (tertiary/aromatic N) is 4. The van der Waals surface area contributed by atoms with Crippen LogP contribution in [0.25, 0.3) is 0 Å². The van der Waals surface area contributed by atoms with Crippen LogP contribution in [0.15, 0.2) is 76.8 Å². The number of para-hydroxylation sites is 1. The normalized spacial score (nSPS) is 17.5. The number of nitrogens with two attached hydrogens (primary N) is 1. The van der Waals surface area contributed by atoms with Crippen molar-refractivity contribution in [1.82, 2.24) is 19.6 Å². The number of benzene rings is 2. The van der Waals surface area contributed by atoms with Crippen molar-refractivity contribution < 1.29 is 22.0 Å². The Balaban J connectivity index is 0.000000442. The summed E-state index contributed by atoms with van der Waals surface area (Å²) in [6.45, 7) is 0. The van der Waals surface area contributed by atoms with E-state index in [4.69, 9.17) is 5.73 Å². The molecule has 1 amide bonds. The smallest absolute Gasteiger partial charge is 0.248 e. The zero-order chi connectivity index (χ0) is 30.1. The minimum Gasteiger partial charge on any atom is -0.382 e. The second kappa shape index (κ2) is 11.6. The van der Waals surface area contributed by atoms with Gasteiger partial charge in [-0.1, -0.05) is 18.2 Å². The number of carbonyl (C=O) groups is 1. The van der Waals surface area contributed by atoms with Crippen LogP contribution >= 0.6 is 0 Å². The molecule has 0 saturated heterocycles. The van der Waals surface area contributed by atoms with Gasteiger partial charge in [-0.05, 0) is 61.1 Å². The summed E-state index contributed by atoms with van der Waals surface area (Å²) in [5.74, 6) is -2.68. The zero-order valence-electron chi connectivity index (χ0n) is 23.3. The van der Waals surface area contributed by atoms with Crippen molar-refractivity contribution in [3.63, 3.8) is 0 Å². The highest BCUT2D eigenvalue weighted by molar-refractivity contribution is 7.92. The maximum Gasteiger partial charge on any atom is 0.248 e. The molecule has 4 aromatic rings. The van der Waals surface area contributed by atoms with Crippen molar-refractivity contribution in [2.75, 3.05) is 16.4 Å². The summed E-state index contributed by atoms with van der Waals surface area (Å²) >= 11 is 0. The first-order valence-corrected chi connectivity index (χ1v) is 15.1. The van der Waals surface area contributed by atoms with Gasteiger partial charge in [-0.15, -0.1) is 0 Å². The average molecular weight is 598 g/mol. The molecule has 2 aromatic carbocycles. The van der Waals surface area contributed by atoms with Gasteiger partial charge in [0.25, 0.3) is 0 Å². The fourth-order valence-corrected chi connectivity index (χ4v) is 6.91. The first kappa shape index (κ1) is 29.2. The topological polar surface area (TPSA) is 137 Å². The molecular weight excluding hydrogens is 564 g/mol. The number of aromatic nitrogens is 4. The third-order valence-corrected chi connectivity index (χ3v) is 9.43. The molecule has 1 aliphatic carbocycles. The Morgan fingerprint density at radius 2 is 1.69 bits per heavy atom. The van der Waals surface area contributed by atoms with Gasteiger partial charge in [-0.25, -0.2) is 17.2 Å². The second-order valence-corrected chi connectivity index (χ2v) is 12.6. The SMILES string of the molecule is Cn1ccc(N)n1.Cn1ccc(NC(=O)C(CC2CCC(F)(F)CC2)c2ccc3c(c2)Nc2ccccc2S3(=O)=O)n1. The quantitative estimate of drug-likeness (QED) is 0.252. The van der Waals surface area contributed by atoms with Crippen LogP contribution in [0, 0.1) is 5.92 Å². The number of amides is 1. The molecule has 0 radical (unpaired) electrons. The predicted octanol–water partition coefficient (Wildman–Crippen LogP) is 5.25. The van der Waals surface area contributed by atoms with Crippen LogP contribution in [0.4, 0.5) is 31.8 Å². The van der Waals surface area contributed by atoms with Gasteiger partial charge in [-0.2, -0.15) is 10.2 Å². The molecule has 0 bridgehead atoms. The minimum absolute atomic E-state index is 0.0393. The van der Waals surface area contributed by atoms with E-state index in [-0.39, 0.29) is 34.5 Å². The third kappa shape index (κ3) is 6.46. The molecule has 222 valence electrons. The third-order valence-electron chi connectivity index (χ3n) is 7.56. The van der Waals surface area contributed by atoms with Gasteiger partial charge in [-0.3, -0.25) is 14.2 Å². The number of nitrogen functional groups attached to an aromatic ring is 1. The molecule has 1 fully saturated rings. The lowest BCUT2D eigenvalue weighted by Gasteiger charge is -2.31. The Labute approximate surface area is 242 Å². The molecule has 0 spiro atoms. The Kier molecular flexibility index (Phi) is 8.04. The molecule has 1 saturated carbocycles. The Bertz CT molecular complexity index is 1670. The number of alkyl halides is 2. The standard InChI is InChI=1S/C25H26F2N4O3S.C4H7N3/c1-31-13-10-23(30-31)29-24(32)18(14-16-8-11-25(26,27)12-9-16)17-6-7-22-20(15-17)28-19-4-2-3-5-21(19)35(22,33)34;1-7-3-2-4(5)6-7/h2-7,10,13,15-16,18,28H,8-9,11-12,14H2,1H3,(H,29,30,32);2-3H,1H3,(H2,5,6). The van der Waals surface area contributed by atoms with E-state index in [0.717, 1.165) is 0 Å². The van der Waals surface area contributed by atoms with Crippen molar-refractivity contribution in [3.05, 3.63) is 72.6 Å². The van der Waals surface area contributed by atoms with Crippen LogP contribution in [-0.4, -0.2) is 39.8 Å². The van der Waals surface area contributed by atoms with E-state index in [1.54, 1.807) is 77.3 Å². The number of fused-ring (bicyclic) bond motifs is 2. The van der Waals surface area contributed by atoms with Gasteiger partial charge < -0.3 is 16.4 Å². The largest absolute Gasteiger partial charge is 0.382 e. The van der Waals surface area contributed by atoms with E-state index in [0.29, 0.717) is 47.8 Å². The van der Waals surface area contributed by atoms with Gasteiger partial charge in [0.2, 0.25) is 21.7 Å². The Morgan fingerprint density at radius 3 is 2.31 bits per heavy atom. The van der Waals surface area contributed by atoms with Gasteiger partial charge in [0.15, 0.2) is 5.82 Å². The zero-order valence-corrected chi connectivity index (χ0v) is 24.1. The van der Waals surface area contributed by atoms with Gasteiger partial charge in [0.05, 0.1) is 27.1 Å². The summed E-state index contributed by atoms with van der Waals surface area (Å²) in [5, 5.41) is 14.0. The molecule has 2 aromatic heterocycles. The van der Waals surface area contributed by atoms with Crippen molar-refractivity contribution in [2.45, 2.75) is 53.7 Å². The minimum atomic E-state index is -3.71. The highest BCUT2D eigenvalue weighted by Crippen LogP contribution is 2.43. The van der Waals surface area contributed by atoms with Crippen molar-refractivity contribution >= 4 is 38.8 Å². The van der Waals surface area contributed by atoms with Crippen molar-refractivity contribution in [3.8, 4) is 0 Å². The molecule has 42 heavy (non-hydrogen) atoms. The van der Waals surface area contributed by atoms with E-state index >= 15 is 0 Å². The van der Waals surface area contributed by atoms with Gasteiger partial charge >= 0.3 is 0 Å². The lowest BCUT2D eigenvalue weighted by Crippen LogP contribution is -2.29. The summed E-state index contributed by atoms with van der Waals surface area (Å²) in [6.07, 6.45) is 4.20. The summed E-state index contributed by atoms with van der Waals surface area (Å²) in [7, 11) is -0.141. The molecule has 3 heterocycles. The van der Waals surface area contributed by atoms with Crippen LogP contribution in [0.2, 0.25) is 0 Å². The molecule has 10 nitrogen and oxygen atoms in total. The van der Waals surface area contributed by atoms with Gasteiger partial charge in [0, 0.05) is 45.4 Å². The summed E-state index contributed by atoms with van der Waals surface area (Å²) in [5.41, 5.74) is 6.74. The number of halogens is 2. The van der Waals surface area contributed by atoms with E-state index < -0.39 is 21.7 Å². The van der Waals surface area contributed by atoms with Crippen molar-refractivity contribution in [1.29, 1.82) is 0 Å². The molecule has 1 aliphatic heterocycles. The van der Waals surface area contributed by atoms with Crippen LogP contribution in [-0.2, 0) is 28.7 Å². The number of aryl methyl sites for hydroxylation is 2. The van der Waals surface area contributed by atoms with Crippen LogP contribution in [0.3, 0.4) is 0 Å². The number of nitrogens with one attached hydrogen (secondary N) is 2. The maximum absolute atomic E-state index is 13.7. The van der Waals surface area contributed by atoms with Crippen molar-refractivity contribution in [2.24, 2.45) is 20.0 Å². The monoisotopic (exact) mass is 597 g/mol. The highest BCUT2D eigenvalue weighted by atomic mass is 32.2. The maximum atomic E-state index is 13.7. The fraction of sp³-hybridized carbons (Fsp3) is 0.345. The van der Waals surface area contributed by atoms with E-state index in [1.165, 1.54) is 6.07 Å². The lowest BCUT2D eigenvalue weighted by molar-refractivity contribution is -0.118. The molecule has 4 N–H and O–H groups in total. The molecule has 1 atom stereocenters. The lowest BCUT2D eigenvalue weighted by atomic mass is 9.79. The Morgan fingerprint density at radius 1 is 1.02 bits per heavy atom. The number of carbonyl (C=O) groups excluding carboxylic acids is 1. The molecule has 1 unspecified atom stereocenters. The number of sulfone groups is 1. The molecule has 13 heteroatoms. The predicted molar refractivity (Wildman–Crippen MR) is 155 cm³/mol. The average Bonchev–Trinajstić information content (AvgIpc) is 3.53. The summed E-state index contributed by atoms with van der Waals surface area (Å²) in [4.78, 5) is 13.7.